The molecule has 2 N–H and O–H groups in total. The molecule has 2 aromatic rings. The van der Waals surface area contributed by atoms with Gasteiger partial charge in [0.1, 0.15) is 10.7 Å². The number of anilines is 1. The first-order valence-corrected chi connectivity index (χ1v) is 7.74. The van der Waals surface area contributed by atoms with Gasteiger partial charge in [-0.05, 0) is 46.6 Å². The van der Waals surface area contributed by atoms with Crippen molar-refractivity contribution in [2.75, 3.05) is 4.72 Å². The highest BCUT2D eigenvalue weighted by Crippen LogP contribution is 2.26. The summed E-state index contributed by atoms with van der Waals surface area (Å²) in [5.74, 6) is -0.477. The van der Waals surface area contributed by atoms with Crippen LogP contribution in [0.1, 0.15) is 5.56 Å². The number of halogens is 2. The predicted octanol–water partition coefficient (Wildman–Crippen LogP) is 2.39. The van der Waals surface area contributed by atoms with Gasteiger partial charge in [-0.1, -0.05) is 0 Å². The van der Waals surface area contributed by atoms with E-state index in [2.05, 4.69) is 25.6 Å². The van der Waals surface area contributed by atoms with Crippen LogP contribution in [0.4, 0.5) is 10.1 Å². The fraction of sp³-hybridized carbons (Fsp3) is 0.0833. The van der Waals surface area contributed by atoms with Crippen molar-refractivity contribution in [3.8, 4) is 0 Å². The van der Waals surface area contributed by atoms with Gasteiger partial charge < -0.3 is 4.98 Å². The highest BCUT2D eigenvalue weighted by molar-refractivity contribution is 9.10. The van der Waals surface area contributed by atoms with Gasteiger partial charge in [0.05, 0.1) is 10.2 Å². The normalized spacial score (nSPS) is 11.3. The summed E-state index contributed by atoms with van der Waals surface area (Å²) in [5, 5.41) is 0. The van der Waals surface area contributed by atoms with Crippen LogP contribution in [-0.4, -0.2) is 13.4 Å². The summed E-state index contributed by atoms with van der Waals surface area (Å²) >= 11 is 3.00. The van der Waals surface area contributed by atoms with Gasteiger partial charge in [0, 0.05) is 12.3 Å². The van der Waals surface area contributed by atoms with Crippen LogP contribution < -0.4 is 10.3 Å². The lowest BCUT2D eigenvalue weighted by atomic mass is 10.2. The van der Waals surface area contributed by atoms with Crippen LogP contribution in [-0.2, 0) is 10.0 Å². The van der Waals surface area contributed by atoms with E-state index in [0.717, 1.165) is 12.3 Å². The van der Waals surface area contributed by atoms with Crippen LogP contribution in [0.15, 0.2) is 44.6 Å². The second-order valence-corrected chi connectivity index (χ2v) is 6.61. The molecule has 0 unspecified atom stereocenters. The quantitative estimate of drug-likeness (QED) is 0.881. The number of aryl methyl sites for hydroxylation is 1. The zero-order valence-electron chi connectivity index (χ0n) is 10.3. The number of pyridine rings is 1. The molecule has 0 aliphatic heterocycles. The van der Waals surface area contributed by atoms with E-state index in [4.69, 9.17) is 0 Å². The van der Waals surface area contributed by atoms with E-state index in [-0.39, 0.29) is 15.1 Å². The molecule has 8 heteroatoms. The molecule has 0 aliphatic rings. The topological polar surface area (TPSA) is 79.0 Å². The average molecular weight is 361 g/mol. The first-order chi connectivity index (χ1) is 9.29. The third kappa shape index (κ3) is 3.07. The van der Waals surface area contributed by atoms with Crippen molar-refractivity contribution in [2.45, 2.75) is 11.8 Å². The molecule has 0 bridgehead atoms. The minimum Gasteiger partial charge on any atom is -0.328 e. The predicted molar refractivity (Wildman–Crippen MR) is 76.7 cm³/mol. The Morgan fingerprint density at radius 1 is 1.30 bits per heavy atom. The molecule has 0 radical (unpaired) electrons. The maximum absolute atomic E-state index is 13.3. The summed E-state index contributed by atoms with van der Waals surface area (Å²) in [7, 11) is -3.85. The highest BCUT2D eigenvalue weighted by atomic mass is 79.9. The maximum atomic E-state index is 13.3. The van der Waals surface area contributed by atoms with Gasteiger partial charge in [0.25, 0.3) is 10.0 Å². The lowest BCUT2D eigenvalue weighted by Crippen LogP contribution is -2.16. The van der Waals surface area contributed by atoms with E-state index in [1.807, 2.05) is 0 Å². The number of rotatable bonds is 3. The first-order valence-electron chi connectivity index (χ1n) is 5.47. The number of H-pyrrole nitrogens is 1. The van der Waals surface area contributed by atoms with E-state index in [1.54, 1.807) is 6.92 Å². The van der Waals surface area contributed by atoms with Crippen LogP contribution in [0.2, 0.25) is 0 Å². The number of aromatic amines is 1. The Bertz CT molecular complexity index is 797. The summed E-state index contributed by atoms with van der Waals surface area (Å²) in [6.07, 6.45) is 1.10. The molecule has 1 heterocycles. The number of benzene rings is 1. The smallest absolute Gasteiger partial charge is 0.263 e. The van der Waals surface area contributed by atoms with Gasteiger partial charge >= 0.3 is 0 Å². The molecular formula is C12H10BrFN2O3S. The van der Waals surface area contributed by atoms with Crippen molar-refractivity contribution < 1.29 is 12.8 Å². The van der Waals surface area contributed by atoms with E-state index >= 15 is 0 Å². The Morgan fingerprint density at radius 2 is 2.00 bits per heavy atom. The number of nitrogens with one attached hydrogen (secondary N) is 2. The molecule has 1 aromatic carbocycles. The van der Waals surface area contributed by atoms with Gasteiger partial charge in [0.15, 0.2) is 0 Å². The summed E-state index contributed by atoms with van der Waals surface area (Å²) in [4.78, 5) is 13.1. The first kappa shape index (κ1) is 14.7. The molecule has 0 fully saturated rings. The van der Waals surface area contributed by atoms with Gasteiger partial charge in [-0.3, -0.25) is 9.52 Å². The van der Waals surface area contributed by atoms with E-state index in [1.165, 1.54) is 18.2 Å². The summed E-state index contributed by atoms with van der Waals surface area (Å²) in [5.41, 5.74) is 0.299. The van der Waals surface area contributed by atoms with Gasteiger partial charge in [-0.25, -0.2) is 12.8 Å². The van der Waals surface area contributed by atoms with Crippen molar-refractivity contribution in [3.63, 3.8) is 0 Å². The summed E-state index contributed by atoms with van der Waals surface area (Å²) in [6, 6.07) is 4.86. The molecule has 1 aromatic heterocycles. The maximum Gasteiger partial charge on any atom is 0.263 e. The second-order valence-electron chi connectivity index (χ2n) is 4.08. The van der Waals surface area contributed by atoms with Crippen molar-refractivity contribution in [2.24, 2.45) is 0 Å². The zero-order valence-corrected chi connectivity index (χ0v) is 12.7. The lowest BCUT2D eigenvalue weighted by Gasteiger charge is -2.11. The van der Waals surface area contributed by atoms with Gasteiger partial charge in [-0.2, -0.15) is 0 Å². The Morgan fingerprint density at radius 3 is 2.60 bits per heavy atom. The van der Waals surface area contributed by atoms with E-state index < -0.39 is 21.4 Å². The van der Waals surface area contributed by atoms with Crippen LogP contribution in [0.5, 0.6) is 0 Å². The van der Waals surface area contributed by atoms with E-state index in [9.17, 15) is 17.6 Å². The standard InChI is InChI=1S/C12H10BrFN2O3S/c1-7-4-10(14)9(13)5-11(7)16-20(18,19)8-2-3-12(17)15-6-8/h2-6,16H,1H3,(H,15,17). The van der Waals surface area contributed by atoms with Crippen LogP contribution in [0.3, 0.4) is 0 Å². The second kappa shape index (κ2) is 5.37. The Kier molecular flexibility index (Phi) is 3.96. The van der Waals surface area contributed by atoms with E-state index in [0.29, 0.717) is 5.56 Å². The number of aromatic nitrogens is 1. The molecular weight excluding hydrogens is 351 g/mol. The van der Waals surface area contributed by atoms with Crippen molar-refractivity contribution in [1.82, 2.24) is 4.98 Å². The fourth-order valence-electron chi connectivity index (χ4n) is 1.52. The molecule has 20 heavy (non-hydrogen) atoms. The van der Waals surface area contributed by atoms with Crippen molar-refractivity contribution in [1.29, 1.82) is 0 Å². The van der Waals surface area contributed by atoms with Crippen LogP contribution >= 0.6 is 15.9 Å². The minimum atomic E-state index is -3.85. The third-order valence-corrected chi connectivity index (χ3v) is 4.55. The number of sulfonamides is 1. The third-order valence-electron chi connectivity index (χ3n) is 2.58. The molecule has 5 nitrogen and oxygen atoms in total. The Hall–Kier alpha value is -1.67. The minimum absolute atomic E-state index is 0.0862. The molecule has 0 aliphatic carbocycles. The molecule has 0 amide bonds. The van der Waals surface area contributed by atoms with Crippen molar-refractivity contribution in [3.05, 3.63) is 56.7 Å². The Balaban J connectivity index is 2.40. The highest BCUT2D eigenvalue weighted by Gasteiger charge is 2.16. The molecule has 106 valence electrons. The molecule has 0 saturated heterocycles. The Labute approximate surface area is 123 Å². The largest absolute Gasteiger partial charge is 0.328 e. The SMILES string of the molecule is Cc1cc(F)c(Br)cc1NS(=O)(=O)c1ccc(=O)[nH]c1. The monoisotopic (exact) mass is 360 g/mol. The average Bonchev–Trinajstić information content (AvgIpc) is 2.36. The van der Waals surface area contributed by atoms with Gasteiger partial charge in [-0.15, -0.1) is 0 Å². The van der Waals surface area contributed by atoms with Crippen molar-refractivity contribution >= 4 is 31.6 Å². The molecule has 0 atom stereocenters. The summed E-state index contributed by atoms with van der Waals surface area (Å²) in [6.45, 7) is 1.58. The lowest BCUT2D eigenvalue weighted by molar-refractivity contribution is 0.600. The molecule has 0 spiro atoms. The van der Waals surface area contributed by atoms with Crippen LogP contribution in [0.25, 0.3) is 0 Å². The molecule has 0 saturated carbocycles. The summed E-state index contributed by atoms with van der Waals surface area (Å²) < 4.78 is 40.0. The fourth-order valence-corrected chi connectivity index (χ4v) is 2.96. The number of hydrogen-bond donors (Lipinski definition) is 2. The van der Waals surface area contributed by atoms with Crippen LogP contribution in [0, 0.1) is 12.7 Å². The molecule has 2 rings (SSSR count). The van der Waals surface area contributed by atoms with Gasteiger partial charge in [0.2, 0.25) is 5.56 Å². The zero-order chi connectivity index (χ0) is 14.9. The number of hydrogen-bond acceptors (Lipinski definition) is 3.